The van der Waals surface area contributed by atoms with Crippen LogP contribution in [0.1, 0.15) is 56.2 Å². The van der Waals surface area contributed by atoms with Gasteiger partial charge >= 0.3 is 12.1 Å². The Hall–Kier alpha value is -2.68. The molecule has 3 aromatic rings. The van der Waals surface area contributed by atoms with E-state index in [0.29, 0.717) is 35.4 Å². The lowest BCUT2D eigenvalue weighted by Gasteiger charge is -2.36. The normalized spacial score (nSPS) is 19.8. The zero-order chi connectivity index (χ0) is 25.9. The lowest BCUT2D eigenvalue weighted by Crippen LogP contribution is -2.44. The van der Waals surface area contributed by atoms with Gasteiger partial charge in [0.2, 0.25) is 5.60 Å². The van der Waals surface area contributed by atoms with Gasteiger partial charge in [-0.05, 0) is 75.6 Å². The fourth-order valence-corrected chi connectivity index (χ4v) is 6.36. The topological polar surface area (TPSA) is 76.1 Å². The third-order valence-corrected chi connectivity index (χ3v) is 8.56. The molecule has 1 N–H and O–H groups in total. The number of hydrogen-bond acceptors (Lipinski definition) is 7. The second-order valence-corrected chi connectivity index (χ2v) is 12.2. The molecule has 0 unspecified atom stereocenters. The first-order chi connectivity index (χ1) is 17.1. The molecule has 0 bridgehead atoms. The Bertz CT molecular complexity index is 1160. The van der Waals surface area contributed by atoms with Gasteiger partial charge in [-0.25, -0.2) is 9.59 Å². The molecule has 8 heteroatoms. The molecule has 1 aliphatic rings. The van der Waals surface area contributed by atoms with Crippen LogP contribution in [0.2, 0.25) is 0 Å². The van der Waals surface area contributed by atoms with Crippen LogP contribution >= 0.6 is 22.7 Å². The average Bonchev–Trinajstić information content (AvgIpc) is 3.56. The first-order valence-corrected chi connectivity index (χ1v) is 13.9. The maximum atomic E-state index is 13.5. The van der Waals surface area contributed by atoms with Crippen LogP contribution in [0, 0.1) is 0 Å². The number of amides is 1. The Kier molecular flexibility index (Phi) is 7.87. The molecule has 1 fully saturated rings. The summed E-state index contributed by atoms with van der Waals surface area (Å²) in [4.78, 5) is 29.6. The van der Waals surface area contributed by atoms with E-state index in [1.54, 1.807) is 24.1 Å². The molecular formula is C28H33NO5S2. The quantitative estimate of drug-likeness (QED) is 0.374. The minimum atomic E-state index is -1.87. The van der Waals surface area contributed by atoms with E-state index in [1.807, 2.05) is 68.6 Å². The number of aliphatic hydroxyl groups is 1. The Morgan fingerprint density at radius 2 is 1.64 bits per heavy atom. The number of carbonyl (C=O) groups excluding carboxylic acids is 2. The van der Waals surface area contributed by atoms with Gasteiger partial charge in [0, 0.05) is 18.0 Å². The largest absolute Gasteiger partial charge is 0.460 e. The van der Waals surface area contributed by atoms with Crippen molar-refractivity contribution in [1.82, 2.24) is 4.90 Å². The van der Waals surface area contributed by atoms with Gasteiger partial charge < -0.3 is 19.5 Å². The van der Waals surface area contributed by atoms with Crippen LogP contribution in [0.5, 0.6) is 0 Å². The van der Waals surface area contributed by atoms with Crippen molar-refractivity contribution in [2.75, 3.05) is 7.05 Å². The molecule has 2 aromatic heterocycles. The summed E-state index contributed by atoms with van der Waals surface area (Å²) in [6.45, 7) is 5.54. The van der Waals surface area contributed by atoms with Crippen LogP contribution < -0.4 is 0 Å². The molecule has 192 valence electrons. The predicted molar refractivity (Wildman–Crippen MR) is 143 cm³/mol. The Balaban J connectivity index is 1.45. The predicted octanol–water partition coefficient (Wildman–Crippen LogP) is 6.43. The Morgan fingerprint density at radius 1 is 0.944 bits per heavy atom. The van der Waals surface area contributed by atoms with Gasteiger partial charge in [-0.2, -0.15) is 0 Å². The van der Waals surface area contributed by atoms with Gasteiger partial charge in [0.25, 0.3) is 0 Å². The summed E-state index contributed by atoms with van der Waals surface area (Å²) in [5, 5.41) is 13.6. The highest BCUT2D eigenvalue weighted by molar-refractivity contribution is 7.16. The van der Waals surface area contributed by atoms with Gasteiger partial charge in [-0.15, -0.1) is 22.7 Å². The molecule has 1 aliphatic carbocycles. The molecule has 1 atom stereocenters. The van der Waals surface area contributed by atoms with Gasteiger partial charge in [-0.3, -0.25) is 0 Å². The number of thiophene rings is 2. The molecule has 2 heterocycles. The highest BCUT2D eigenvalue weighted by Gasteiger charge is 2.45. The molecule has 1 saturated carbocycles. The van der Waals surface area contributed by atoms with Crippen LogP contribution in [0.15, 0.2) is 60.0 Å². The van der Waals surface area contributed by atoms with E-state index in [9.17, 15) is 14.7 Å². The van der Waals surface area contributed by atoms with Crippen molar-refractivity contribution >= 4 is 34.7 Å². The zero-order valence-corrected chi connectivity index (χ0v) is 22.7. The van der Waals surface area contributed by atoms with Crippen molar-refractivity contribution in [3.05, 3.63) is 69.7 Å². The van der Waals surface area contributed by atoms with Crippen LogP contribution in [-0.2, 0) is 19.9 Å². The summed E-state index contributed by atoms with van der Waals surface area (Å²) < 4.78 is 11.4. The van der Waals surface area contributed by atoms with E-state index < -0.39 is 17.2 Å². The van der Waals surface area contributed by atoms with E-state index in [-0.39, 0.29) is 18.2 Å². The van der Waals surface area contributed by atoms with Gasteiger partial charge in [0.1, 0.15) is 11.7 Å². The van der Waals surface area contributed by atoms with E-state index in [2.05, 4.69) is 0 Å². The van der Waals surface area contributed by atoms with Crippen molar-refractivity contribution in [3.63, 3.8) is 0 Å². The molecule has 6 nitrogen and oxygen atoms in total. The number of rotatable bonds is 6. The number of carbonyl (C=O) groups is 2. The summed E-state index contributed by atoms with van der Waals surface area (Å²) in [5.41, 5.74) is -1.38. The maximum Gasteiger partial charge on any atom is 0.410 e. The fraction of sp³-hybridized carbons (Fsp3) is 0.429. The number of benzene rings is 1. The summed E-state index contributed by atoms with van der Waals surface area (Å²) in [7, 11) is 1.75. The molecule has 4 rings (SSSR count). The van der Waals surface area contributed by atoms with Crippen molar-refractivity contribution in [2.45, 2.75) is 69.8 Å². The third kappa shape index (κ3) is 5.82. The van der Waals surface area contributed by atoms with E-state index in [4.69, 9.17) is 9.47 Å². The first kappa shape index (κ1) is 26.4. The molecule has 0 aliphatic heterocycles. The van der Waals surface area contributed by atoms with Gasteiger partial charge in [0.05, 0.1) is 9.75 Å². The monoisotopic (exact) mass is 527 g/mol. The van der Waals surface area contributed by atoms with Gasteiger partial charge in [0.15, 0.2) is 0 Å². The molecule has 0 spiro atoms. The van der Waals surface area contributed by atoms with Crippen molar-refractivity contribution in [1.29, 1.82) is 0 Å². The molecule has 1 amide bonds. The van der Waals surface area contributed by atoms with E-state index in [0.717, 1.165) is 10.4 Å². The minimum Gasteiger partial charge on any atom is -0.460 e. The lowest BCUT2D eigenvalue weighted by atomic mass is 9.91. The zero-order valence-electron chi connectivity index (χ0n) is 21.1. The second-order valence-electron chi connectivity index (χ2n) is 10.1. The highest BCUT2D eigenvalue weighted by Crippen LogP contribution is 2.41. The molecular weight excluding hydrogens is 494 g/mol. The molecule has 0 radical (unpaired) electrons. The highest BCUT2D eigenvalue weighted by atomic mass is 32.1. The second kappa shape index (κ2) is 10.7. The van der Waals surface area contributed by atoms with Crippen LogP contribution in [0.3, 0.4) is 0 Å². The van der Waals surface area contributed by atoms with Crippen LogP contribution in [-0.4, -0.2) is 46.9 Å². The number of ether oxygens (including phenoxy) is 2. The number of nitrogens with zero attached hydrogens (tertiary/aromatic N) is 1. The van der Waals surface area contributed by atoms with Crippen LogP contribution in [0.4, 0.5) is 4.79 Å². The molecule has 0 saturated heterocycles. The summed E-state index contributed by atoms with van der Waals surface area (Å²) in [5.74, 6) is -0.657. The maximum absolute atomic E-state index is 13.5. The fourth-order valence-electron chi connectivity index (χ4n) is 4.37. The third-order valence-electron chi connectivity index (χ3n) is 6.34. The smallest absolute Gasteiger partial charge is 0.410 e. The lowest BCUT2D eigenvalue weighted by molar-refractivity contribution is -0.169. The SMILES string of the molecule is CN(C(=O)OC(C)(C)C)[C@H]1CC[C@H](OC(=O)[C@@](O)(c2cccs2)c2ccc(-c3ccccc3)s2)CC1. The first-order valence-electron chi connectivity index (χ1n) is 12.2. The Morgan fingerprint density at radius 3 is 2.25 bits per heavy atom. The number of hydrogen-bond donors (Lipinski definition) is 1. The number of esters is 1. The van der Waals surface area contributed by atoms with E-state index in [1.165, 1.54) is 22.7 Å². The van der Waals surface area contributed by atoms with Crippen molar-refractivity contribution in [3.8, 4) is 10.4 Å². The van der Waals surface area contributed by atoms with E-state index >= 15 is 0 Å². The Labute approximate surface area is 220 Å². The van der Waals surface area contributed by atoms with Crippen molar-refractivity contribution < 1.29 is 24.2 Å². The average molecular weight is 528 g/mol. The standard InChI is InChI=1S/C28H33NO5S2/c1-27(2,3)34-26(31)29(4)20-12-14-21(15-13-20)33-25(30)28(32,23-11-8-18-35-23)24-17-16-22(36-24)19-9-6-5-7-10-19/h5-11,16-18,20-21,32H,12-15H2,1-4H3/t20-,21-,28-/m1/s1. The van der Waals surface area contributed by atoms with Crippen molar-refractivity contribution in [2.24, 2.45) is 0 Å². The summed E-state index contributed by atoms with van der Waals surface area (Å²) in [6, 6.07) is 17.2. The summed E-state index contributed by atoms with van der Waals surface area (Å²) >= 11 is 2.72. The molecule has 1 aromatic carbocycles. The molecule has 36 heavy (non-hydrogen) atoms. The summed E-state index contributed by atoms with van der Waals surface area (Å²) in [6.07, 6.45) is 1.96. The van der Waals surface area contributed by atoms with Gasteiger partial charge in [-0.1, -0.05) is 36.4 Å². The van der Waals surface area contributed by atoms with Crippen LogP contribution in [0.25, 0.3) is 10.4 Å². The minimum absolute atomic E-state index is 0.0247.